The fourth-order valence-electron chi connectivity index (χ4n) is 0.967. The van der Waals surface area contributed by atoms with E-state index in [1.165, 1.54) is 13.0 Å². The van der Waals surface area contributed by atoms with E-state index >= 15 is 0 Å². The van der Waals surface area contributed by atoms with Gasteiger partial charge in [-0.05, 0) is 24.6 Å². The summed E-state index contributed by atoms with van der Waals surface area (Å²) in [4.78, 5) is 10.8. The number of hydrogen-bond donors (Lipinski definition) is 0. The molecule has 1 rings (SSSR count). The highest BCUT2D eigenvalue weighted by atomic mass is 35.5. The zero-order valence-electron chi connectivity index (χ0n) is 6.90. The average Bonchev–Trinajstić information content (AvgIpc) is 1.99. The van der Waals surface area contributed by atoms with E-state index in [2.05, 4.69) is 0 Å². The second-order valence-electron chi connectivity index (χ2n) is 2.74. The number of carbonyl (C=O) groups excluding carboxylic acids is 1. The van der Waals surface area contributed by atoms with Crippen molar-refractivity contribution in [3.8, 4) is 0 Å². The highest BCUT2D eigenvalue weighted by Gasteiger charge is 2.08. The maximum absolute atomic E-state index is 12.8. The van der Waals surface area contributed by atoms with E-state index in [4.69, 9.17) is 23.2 Å². The number of hydrogen-bond acceptors (Lipinski definition) is 1. The van der Waals surface area contributed by atoms with Crippen LogP contribution >= 0.6 is 23.2 Å². The molecule has 1 nitrogen and oxygen atoms in total. The normalized spacial score (nSPS) is 10.2. The molecular weight excluding hydrogens is 214 g/mol. The minimum atomic E-state index is -0.570. The van der Waals surface area contributed by atoms with Gasteiger partial charge in [0, 0.05) is 11.4 Å². The van der Waals surface area contributed by atoms with Crippen LogP contribution in [0.4, 0.5) is 4.39 Å². The summed E-state index contributed by atoms with van der Waals surface area (Å²) in [7, 11) is 0. The largest absolute Gasteiger partial charge is 0.300 e. The minimum absolute atomic E-state index is 0.0133. The van der Waals surface area contributed by atoms with Crippen molar-refractivity contribution >= 4 is 29.0 Å². The Morgan fingerprint density at radius 3 is 2.54 bits per heavy atom. The first kappa shape index (κ1) is 10.5. The maximum Gasteiger partial charge on any atom is 0.143 e. The Hall–Kier alpha value is -0.600. The van der Waals surface area contributed by atoms with Crippen LogP contribution in [-0.4, -0.2) is 5.78 Å². The van der Waals surface area contributed by atoms with Crippen LogP contribution < -0.4 is 0 Å². The Morgan fingerprint density at radius 2 is 2.00 bits per heavy atom. The quantitative estimate of drug-likeness (QED) is 0.700. The molecule has 0 aliphatic carbocycles. The molecule has 0 spiro atoms. The van der Waals surface area contributed by atoms with Gasteiger partial charge in [0.1, 0.15) is 11.6 Å². The molecule has 0 unspecified atom stereocenters. The van der Waals surface area contributed by atoms with E-state index in [1.54, 1.807) is 0 Å². The summed E-state index contributed by atoms with van der Waals surface area (Å²) in [6.07, 6.45) is 0.179. The molecule has 0 amide bonds. The minimum Gasteiger partial charge on any atom is -0.300 e. The van der Waals surface area contributed by atoms with Gasteiger partial charge in [0.2, 0.25) is 0 Å². The monoisotopic (exact) mass is 220 g/mol. The number of halogens is 3. The Morgan fingerprint density at radius 1 is 1.38 bits per heavy atom. The van der Waals surface area contributed by atoms with Crippen molar-refractivity contribution in [3.63, 3.8) is 0 Å². The lowest BCUT2D eigenvalue weighted by Gasteiger charge is -2.02. The predicted molar refractivity (Wildman–Crippen MR) is 50.8 cm³/mol. The fraction of sp³-hybridized carbons (Fsp3) is 0.222. The van der Waals surface area contributed by atoms with Crippen molar-refractivity contribution in [1.82, 2.24) is 0 Å². The van der Waals surface area contributed by atoms with Crippen LogP contribution in [0, 0.1) is 5.82 Å². The molecule has 0 aliphatic rings. The van der Waals surface area contributed by atoms with Crippen molar-refractivity contribution < 1.29 is 9.18 Å². The van der Waals surface area contributed by atoms with E-state index in [-0.39, 0.29) is 22.2 Å². The predicted octanol–water partition coefficient (Wildman–Crippen LogP) is 3.26. The molecule has 4 heteroatoms. The lowest BCUT2D eigenvalue weighted by molar-refractivity contribution is -0.116. The molecule has 0 saturated heterocycles. The number of benzene rings is 1. The Bertz CT molecular complexity index is 350. The average molecular weight is 221 g/mol. The van der Waals surface area contributed by atoms with Crippen molar-refractivity contribution in [1.29, 1.82) is 0 Å². The molecule has 0 saturated carbocycles. The highest BCUT2D eigenvalue weighted by Crippen LogP contribution is 2.24. The first-order chi connectivity index (χ1) is 6.00. The van der Waals surface area contributed by atoms with Crippen LogP contribution in [-0.2, 0) is 11.2 Å². The molecule has 0 radical (unpaired) electrons. The standard InChI is InChI=1S/C9H7Cl2FO/c1-5(13)2-6-3-8(11)9(12)4-7(6)10/h3-4H,2H2,1H3. The molecule has 70 valence electrons. The van der Waals surface area contributed by atoms with Gasteiger partial charge in [-0.1, -0.05) is 23.2 Å². The summed E-state index contributed by atoms with van der Waals surface area (Å²) in [6, 6.07) is 2.49. The molecule has 1 aromatic rings. The summed E-state index contributed by atoms with van der Waals surface area (Å²) in [5.74, 6) is -0.608. The molecule has 0 atom stereocenters. The van der Waals surface area contributed by atoms with Crippen LogP contribution in [0.2, 0.25) is 10.0 Å². The number of rotatable bonds is 2. The number of ketones is 1. The molecular formula is C9H7Cl2FO. The summed E-state index contributed by atoms with van der Waals surface area (Å²) in [5.41, 5.74) is 0.556. The summed E-state index contributed by atoms with van der Waals surface area (Å²) >= 11 is 11.2. The molecule has 0 bridgehead atoms. The van der Waals surface area contributed by atoms with Gasteiger partial charge in [0.25, 0.3) is 0 Å². The van der Waals surface area contributed by atoms with Gasteiger partial charge >= 0.3 is 0 Å². The Kier molecular flexibility index (Phi) is 3.28. The van der Waals surface area contributed by atoms with E-state index in [0.717, 1.165) is 6.07 Å². The molecule has 1 aromatic carbocycles. The third-order valence-corrected chi connectivity index (χ3v) is 2.17. The molecule has 0 heterocycles. The molecule has 0 N–H and O–H groups in total. The van der Waals surface area contributed by atoms with Crippen molar-refractivity contribution in [3.05, 3.63) is 33.6 Å². The summed E-state index contributed by atoms with van der Waals surface area (Å²) < 4.78 is 12.8. The van der Waals surface area contributed by atoms with Gasteiger partial charge in [-0.2, -0.15) is 0 Å². The second-order valence-corrected chi connectivity index (χ2v) is 3.55. The van der Waals surface area contributed by atoms with E-state index < -0.39 is 5.82 Å². The summed E-state index contributed by atoms with van der Waals surface area (Å²) in [5, 5.41) is 0.220. The highest BCUT2D eigenvalue weighted by molar-refractivity contribution is 6.33. The Labute approximate surface area is 85.5 Å². The third kappa shape index (κ3) is 2.68. The van der Waals surface area contributed by atoms with Gasteiger partial charge in [-0.25, -0.2) is 4.39 Å². The SMILES string of the molecule is CC(=O)Cc1cc(Cl)c(F)cc1Cl. The number of carbonyl (C=O) groups is 1. The Balaban J connectivity index is 3.08. The zero-order valence-corrected chi connectivity index (χ0v) is 8.42. The molecule has 0 aliphatic heterocycles. The topological polar surface area (TPSA) is 17.1 Å². The first-order valence-electron chi connectivity index (χ1n) is 3.63. The van der Waals surface area contributed by atoms with E-state index in [9.17, 15) is 9.18 Å². The summed E-state index contributed by atoms with van der Waals surface area (Å²) in [6.45, 7) is 1.44. The first-order valence-corrected chi connectivity index (χ1v) is 4.39. The lowest BCUT2D eigenvalue weighted by Crippen LogP contribution is -1.97. The molecule has 0 aromatic heterocycles. The van der Waals surface area contributed by atoms with Crippen LogP contribution in [0.1, 0.15) is 12.5 Å². The third-order valence-electron chi connectivity index (χ3n) is 1.53. The van der Waals surface area contributed by atoms with Gasteiger partial charge in [-0.15, -0.1) is 0 Å². The van der Waals surface area contributed by atoms with Gasteiger partial charge in [-0.3, -0.25) is 4.79 Å². The zero-order chi connectivity index (χ0) is 10.0. The van der Waals surface area contributed by atoms with Crippen LogP contribution in [0.15, 0.2) is 12.1 Å². The van der Waals surface area contributed by atoms with E-state index in [0.29, 0.717) is 5.56 Å². The van der Waals surface area contributed by atoms with Gasteiger partial charge in [0.15, 0.2) is 0 Å². The second kappa shape index (κ2) is 4.07. The van der Waals surface area contributed by atoms with Crippen molar-refractivity contribution in [2.24, 2.45) is 0 Å². The van der Waals surface area contributed by atoms with Crippen LogP contribution in [0.25, 0.3) is 0 Å². The smallest absolute Gasteiger partial charge is 0.143 e. The fourth-order valence-corrected chi connectivity index (χ4v) is 1.37. The van der Waals surface area contributed by atoms with Gasteiger partial charge < -0.3 is 0 Å². The lowest BCUT2D eigenvalue weighted by atomic mass is 10.1. The van der Waals surface area contributed by atoms with E-state index in [1.807, 2.05) is 0 Å². The van der Waals surface area contributed by atoms with Crippen LogP contribution in [0.5, 0.6) is 0 Å². The number of Topliss-reactive ketones (excluding diaryl/α,β-unsaturated/α-hetero) is 1. The van der Waals surface area contributed by atoms with Gasteiger partial charge in [0.05, 0.1) is 5.02 Å². The van der Waals surface area contributed by atoms with Crippen LogP contribution in [0.3, 0.4) is 0 Å². The molecule has 0 fully saturated rings. The molecule has 13 heavy (non-hydrogen) atoms. The maximum atomic E-state index is 12.8. The van der Waals surface area contributed by atoms with Crippen molar-refractivity contribution in [2.75, 3.05) is 0 Å². The van der Waals surface area contributed by atoms with Crippen molar-refractivity contribution in [2.45, 2.75) is 13.3 Å².